The molecule has 0 fully saturated rings. The molecule has 1 N–H and O–H groups in total. The number of carbonyl (C=O) groups excluding carboxylic acids is 1. The lowest BCUT2D eigenvalue weighted by atomic mass is 10.1. The predicted molar refractivity (Wildman–Crippen MR) is 50.6 cm³/mol. The molecule has 0 aliphatic heterocycles. The van der Waals surface area contributed by atoms with Crippen LogP contribution in [0.5, 0.6) is 0 Å². The van der Waals surface area contributed by atoms with Gasteiger partial charge in [-0.05, 0) is 32.0 Å². The normalized spacial score (nSPS) is 9.77. The van der Waals surface area contributed by atoms with E-state index in [1.165, 1.54) is 19.1 Å². The monoisotopic (exact) mass is 181 g/mol. The van der Waals surface area contributed by atoms with Crippen LogP contribution in [-0.2, 0) is 0 Å². The van der Waals surface area contributed by atoms with Crippen molar-refractivity contribution in [1.29, 1.82) is 0 Å². The molecule has 3 heteroatoms. The summed E-state index contributed by atoms with van der Waals surface area (Å²) >= 11 is 0. The average Bonchev–Trinajstić information content (AvgIpc) is 2.08. The van der Waals surface area contributed by atoms with E-state index in [9.17, 15) is 9.18 Å². The molecule has 0 saturated carbocycles. The quantitative estimate of drug-likeness (QED) is 0.726. The summed E-state index contributed by atoms with van der Waals surface area (Å²) in [5, 5.41) is 3.01. The molecule has 0 aliphatic rings. The van der Waals surface area contributed by atoms with Crippen molar-refractivity contribution in [1.82, 2.24) is 0 Å². The van der Waals surface area contributed by atoms with Crippen LogP contribution in [0.2, 0.25) is 0 Å². The maximum atomic E-state index is 13.0. The van der Waals surface area contributed by atoms with Crippen LogP contribution >= 0.6 is 0 Å². The molecular formula is C10H12FNO. The van der Waals surface area contributed by atoms with Crippen molar-refractivity contribution in [2.75, 3.05) is 11.9 Å². The van der Waals surface area contributed by atoms with Gasteiger partial charge in [0.25, 0.3) is 0 Å². The molecule has 0 amide bonds. The van der Waals surface area contributed by atoms with E-state index in [0.717, 1.165) is 12.2 Å². The Morgan fingerprint density at radius 2 is 2.23 bits per heavy atom. The number of halogens is 1. The largest absolute Gasteiger partial charge is 0.385 e. The molecule has 0 aromatic heterocycles. The highest BCUT2D eigenvalue weighted by atomic mass is 19.1. The van der Waals surface area contributed by atoms with E-state index in [1.54, 1.807) is 6.07 Å². The first kappa shape index (κ1) is 9.71. The van der Waals surface area contributed by atoms with Gasteiger partial charge in [0.05, 0.1) is 5.56 Å². The van der Waals surface area contributed by atoms with Gasteiger partial charge in [-0.2, -0.15) is 0 Å². The third-order valence-corrected chi connectivity index (χ3v) is 1.73. The molecule has 0 atom stereocenters. The number of rotatable bonds is 3. The van der Waals surface area contributed by atoms with Crippen LogP contribution in [0.3, 0.4) is 0 Å². The number of carbonyl (C=O) groups is 1. The van der Waals surface area contributed by atoms with Crippen LogP contribution in [-0.4, -0.2) is 12.3 Å². The molecule has 0 spiro atoms. The lowest BCUT2D eigenvalue weighted by Gasteiger charge is -2.04. The maximum Gasteiger partial charge on any atom is 0.162 e. The Kier molecular flexibility index (Phi) is 3.01. The van der Waals surface area contributed by atoms with Crippen molar-refractivity contribution in [3.63, 3.8) is 0 Å². The topological polar surface area (TPSA) is 29.1 Å². The van der Waals surface area contributed by atoms with Gasteiger partial charge in [-0.3, -0.25) is 4.79 Å². The second-order valence-electron chi connectivity index (χ2n) is 2.78. The molecule has 1 aromatic rings. The Balaban J connectivity index is 3.04. The van der Waals surface area contributed by atoms with Crippen molar-refractivity contribution < 1.29 is 9.18 Å². The van der Waals surface area contributed by atoms with E-state index < -0.39 is 5.82 Å². The van der Waals surface area contributed by atoms with E-state index in [1.807, 2.05) is 6.92 Å². The van der Waals surface area contributed by atoms with E-state index >= 15 is 0 Å². The van der Waals surface area contributed by atoms with Gasteiger partial charge in [-0.25, -0.2) is 4.39 Å². The first-order valence-corrected chi connectivity index (χ1v) is 4.19. The molecule has 2 nitrogen and oxygen atoms in total. The van der Waals surface area contributed by atoms with E-state index in [4.69, 9.17) is 0 Å². The zero-order valence-electron chi connectivity index (χ0n) is 7.73. The van der Waals surface area contributed by atoms with Crippen molar-refractivity contribution in [2.24, 2.45) is 0 Å². The lowest BCUT2D eigenvalue weighted by Crippen LogP contribution is -2.01. The highest BCUT2D eigenvalue weighted by molar-refractivity contribution is 5.95. The first-order chi connectivity index (χ1) is 6.15. The van der Waals surface area contributed by atoms with Crippen molar-refractivity contribution in [3.8, 4) is 0 Å². The maximum absolute atomic E-state index is 13.0. The van der Waals surface area contributed by atoms with Gasteiger partial charge in [0.1, 0.15) is 5.82 Å². The van der Waals surface area contributed by atoms with Crippen LogP contribution in [0, 0.1) is 5.82 Å². The van der Waals surface area contributed by atoms with Crippen molar-refractivity contribution >= 4 is 11.5 Å². The lowest BCUT2D eigenvalue weighted by molar-refractivity contribution is 0.101. The summed E-state index contributed by atoms with van der Waals surface area (Å²) in [6.45, 7) is 4.05. The second kappa shape index (κ2) is 4.03. The molecule has 0 aliphatic carbocycles. The number of Topliss-reactive ketones (excluding diaryl/α,β-unsaturated/α-hetero) is 1. The molecule has 0 radical (unpaired) electrons. The minimum Gasteiger partial charge on any atom is -0.385 e. The van der Waals surface area contributed by atoms with Gasteiger partial charge in [0.15, 0.2) is 5.78 Å². The van der Waals surface area contributed by atoms with Crippen molar-refractivity contribution in [2.45, 2.75) is 13.8 Å². The highest BCUT2D eigenvalue weighted by Crippen LogP contribution is 2.14. The number of hydrogen-bond donors (Lipinski definition) is 1. The van der Waals surface area contributed by atoms with Crippen LogP contribution in [0.1, 0.15) is 24.2 Å². The Labute approximate surface area is 76.8 Å². The van der Waals surface area contributed by atoms with Crippen LogP contribution in [0.15, 0.2) is 18.2 Å². The fraction of sp³-hybridized carbons (Fsp3) is 0.300. The van der Waals surface area contributed by atoms with E-state index in [0.29, 0.717) is 0 Å². The fourth-order valence-corrected chi connectivity index (χ4v) is 1.11. The summed E-state index contributed by atoms with van der Waals surface area (Å²) in [4.78, 5) is 11.0. The van der Waals surface area contributed by atoms with Gasteiger partial charge in [0, 0.05) is 12.2 Å². The van der Waals surface area contributed by atoms with Crippen LogP contribution < -0.4 is 5.32 Å². The third-order valence-electron chi connectivity index (χ3n) is 1.73. The molecule has 0 unspecified atom stereocenters. The van der Waals surface area contributed by atoms with Crippen molar-refractivity contribution in [3.05, 3.63) is 29.6 Å². The van der Waals surface area contributed by atoms with Gasteiger partial charge >= 0.3 is 0 Å². The molecule has 1 rings (SSSR count). The molecule has 70 valence electrons. The smallest absolute Gasteiger partial charge is 0.162 e. The van der Waals surface area contributed by atoms with Gasteiger partial charge < -0.3 is 5.32 Å². The summed E-state index contributed by atoms with van der Waals surface area (Å²) in [5.41, 5.74) is 0.910. The summed E-state index contributed by atoms with van der Waals surface area (Å²) < 4.78 is 13.0. The Bertz CT molecular complexity index is 323. The number of ketones is 1. The Hall–Kier alpha value is -1.38. The van der Waals surface area contributed by atoms with Gasteiger partial charge in [-0.15, -0.1) is 0 Å². The molecule has 13 heavy (non-hydrogen) atoms. The van der Waals surface area contributed by atoms with Gasteiger partial charge in [0.2, 0.25) is 0 Å². The minimum atomic E-state index is -0.464. The number of hydrogen-bond acceptors (Lipinski definition) is 2. The second-order valence-corrected chi connectivity index (χ2v) is 2.78. The average molecular weight is 181 g/mol. The summed E-state index contributed by atoms with van der Waals surface area (Å²) in [7, 11) is 0. The molecule has 0 bridgehead atoms. The molecule has 0 saturated heterocycles. The SMILES string of the molecule is CCNc1ccc(F)c(C(C)=O)c1. The van der Waals surface area contributed by atoms with E-state index in [2.05, 4.69) is 5.32 Å². The highest BCUT2D eigenvalue weighted by Gasteiger charge is 2.06. The predicted octanol–water partition coefficient (Wildman–Crippen LogP) is 2.46. The minimum absolute atomic E-state index is 0.137. The van der Waals surface area contributed by atoms with Crippen LogP contribution in [0.25, 0.3) is 0 Å². The van der Waals surface area contributed by atoms with Crippen LogP contribution in [0.4, 0.5) is 10.1 Å². The molecule has 0 heterocycles. The standard InChI is InChI=1S/C10H12FNO/c1-3-12-8-4-5-10(11)9(6-8)7(2)13/h4-6,12H,3H2,1-2H3. The zero-order chi connectivity index (χ0) is 9.84. The summed E-state index contributed by atoms with van der Waals surface area (Å²) in [5.74, 6) is -0.716. The summed E-state index contributed by atoms with van der Waals surface area (Å²) in [6, 6.07) is 4.45. The molecular weight excluding hydrogens is 169 g/mol. The zero-order valence-corrected chi connectivity index (χ0v) is 7.73. The van der Waals surface area contributed by atoms with E-state index in [-0.39, 0.29) is 11.3 Å². The fourth-order valence-electron chi connectivity index (χ4n) is 1.11. The first-order valence-electron chi connectivity index (χ1n) is 4.19. The Morgan fingerprint density at radius 3 is 2.77 bits per heavy atom. The summed E-state index contributed by atoms with van der Waals surface area (Å²) in [6.07, 6.45) is 0. The Morgan fingerprint density at radius 1 is 1.54 bits per heavy atom. The van der Waals surface area contributed by atoms with Gasteiger partial charge in [-0.1, -0.05) is 0 Å². The number of benzene rings is 1. The number of nitrogens with one attached hydrogen (secondary N) is 1. The molecule has 1 aromatic carbocycles. The number of anilines is 1. The third kappa shape index (κ3) is 2.28.